The van der Waals surface area contributed by atoms with Gasteiger partial charge in [0, 0.05) is 16.4 Å². The number of benzene rings is 3. The lowest BCUT2D eigenvalue weighted by molar-refractivity contribution is -0.122. The highest BCUT2D eigenvalue weighted by molar-refractivity contribution is 7.92. The Morgan fingerprint density at radius 1 is 0.938 bits per heavy atom. The molecule has 0 fully saturated rings. The predicted molar refractivity (Wildman–Crippen MR) is 128 cm³/mol. The van der Waals surface area contributed by atoms with Crippen LogP contribution in [-0.2, 0) is 14.8 Å². The van der Waals surface area contributed by atoms with Crippen LogP contribution in [0.3, 0.4) is 0 Å². The molecule has 0 aromatic heterocycles. The zero-order valence-electron chi connectivity index (χ0n) is 18.1. The summed E-state index contributed by atoms with van der Waals surface area (Å²) in [7, 11) is -3.77. The zero-order valence-corrected chi connectivity index (χ0v) is 19.6. The molecular formula is C24H25ClN2O4S. The maximum atomic E-state index is 12.7. The number of carbonyl (C=O) groups is 1. The highest BCUT2D eigenvalue weighted by Crippen LogP contribution is 2.22. The molecule has 6 nitrogen and oxygen atoms in total. The molecule has 32 heavy (non-hydrogen) atoms. The summed E-state index contributed by atoms with van der Waals surface area (Å²) in [4.78, 5) is 12.7. The van der Waals surface area contributed by atoms with E-state index >= 15 is 0 Å². The molecule has 3 aromatic carbocycles. The van der Waals surface area contributed by atoms with Crippen molar-refractivity contribution in [2.24, 2.45) is 0 Å². The van der Waals surface area contributed by atoms with E-state index in [1.54, 1.807) is 24.3 Å². The van der Waals surface area contributed by atoms with E-state index < -0.39 is 16.1 Å². The second-order valence-electron chi connectivity index (χ2n) is 7.39. The SMILES string of the molecule is CC[C@H](Oc1ccc(C)c(C)c1)C(=O)Nc1ccc(S(=O)(=O)Nc2ccc(Cl)cc2)cc1. The van der Waals surface area contributed by atoms with Crippen molar-refractivity contribution in [3.8, 4) is 5.75 Å². The van der Waals surface area contributed by atoms with Crippen LogP contribution in [0.1, 0.15) is 24.5 Å². The van der Waals surface area contributed by atoms with Crippen molar-refractivity contribution >= 4 is 38.9 Å². The van der Waals surface area contributed by atoms with Crippen molar-refractivity contribution in [1.29, 1.82) is 0 Å². The molecule has 0 aliphatic carbocycles. The van der Waals surface area contributed by atoms with E-state index in [-0.39, 0.29) is 10.8 Å². The normalized spacial score (nSPS) is 12.1. The summed E-state index contributed by atoms with van der Waals surface area (Å²) in [5.74, 6) is 0.324. The van der Waals surface area contributed by atoms with Gasteiger partial charge in [-0.2, -0.15) is 0 Å². The summed E-state index contributed by atoms with van der Waals surface area (Å²) in [6.07, 6.45) is -0.192. The lowest BCUT2D eigenvalue weighted by atomic mass is 10.1. The fourth-order valence-corrected chi connectivity index (χ4v) is 4.13. The molecule has 0 saturated carbocycles. The van der Waals surface area contributed by atoms with Gasteiger partial charge in [-0.25, -0.2) is 8.42 Å². The van der Waals surface area contributed by atoms with Crippen LogP contribution < -0.4 is 14.8 Å². The fourth-order valence-electron chi connectivity index (χ4n) is 2.95. The summed E-state index contributed by atoms with van der Waals surface area (Å²) in [6.45, 7) is 5.86. The zero-order chi connectivity index (χ0) is 23.3. The molecule has 3 aromatic rings. The standard InChI is InChI=1S/C24H25ClN2O4S/c1-4-23(31-21-12-5-16(2)17(3)15-21)24(28)26-19-10-13-22(14-11-19)32(29,30)27-20-8-6-18(25)7-9-20/h5-15,23,27H,4H2,1-3H3,(H,26,28)/t23-/m0/s1. The second kappa shape index (κ2) is 10.1. The molecule has 1 amide bonds. The van der Waals surface area contributed by atoms with Crippen LogP contribution in [0.4, 0.5) is 11.4 Å². The van der Waals surface area contributed by atoms with E-state index in [0.717, 1.165) is 11.1 Å². The molecule has 0 radical (unpaired) electrons. The van der Waals surface area contributed by atoms with Gasteiger partial charge in [0.05, 0.1) is 4.90 Å². The van der Waals surface area contributed by atoms with E-state index in [0.29, 0.717) is 28.6 Å². The average molecular weight is 473 g/mol. The van der Waals surface area contributed by atoms with Crippen LogP contribution in [0.5, 0.6) is 5.75 Å². The number of hydrogen-bond donors (Lipinski definition) is 2. The third kappa shape index (κ3) is 6.02. The first kappa shape index (κ1) is 23.6. The Kier molecular flexibility index (Phi) is 7.43. The van der Waals surface area contributed by atoms with Crippen molar-refractivity contribution in [3.63, 3.8) is 0 Å². The number of hydrogen-bond acceptors (Lipinski definition) is 4. The number of sulfonamides is 1. The fraction of sp³-hybridized carbons (Fsp3) is 0.208. The quantitative estimate of drug-likeness (QED) is 0.450. The van der Waals surface area contributed by atoms with E-state index in [4.69, 9.17) is 16.3 Å². The maximum absolute atomic E-state index is 12.7. The van der Waals surface area contributed by atoms with Crippen molar-refractivity contribution in [1.82, 2.24) is 0 Å². The second-order valence-corrected chi connectivity index (χ2v) is 9.51. The van der Waals surface area contributed by atoms with Crippen LogP contribution >= 0.6 is 11.6 Å². The highest BCUT2D eigenvalue weighted by Gasteiger charge is 2.20. The van der Waals surface area contributed by atoms with Crippen molar-refractivity contribution in [2.75, 3.05) is 10.0 Å². The Balaban J connectivity index is 1.66. The molecule has 3 rings (SSSR count). The average Bonchev–Trinajstić information content (AvgIpc) is 2.76. The first-order chi connectivity index (χ1) is 15.2. The Morgan fingerprint density at radius 2 is 1.56 bits per heavy atom. The van der Waals surface area contributed by atoms with Gasteiger partial charge in [-0.15, -0.1) is 0 Å². The molecule has 1 atom stereocenters. The molecule has 0 saturated heterocycles. The minimum atomic E-state index is -3.77. The van der Waals surface area contributed by atoms with Crippen LogP contribution in [0, 0.1) is 13.8 Å². The molecule has 0 bridgehead atoms. The number of rotatable bonds is 8. The summed E-state index contributed by atoms with van der Waals surface area (Å²) in [5.41, 5.74) is 3.11. The molecule has 2 N–H and O–H groups in total. The number of nitrogens with one attached hydrogen (secondary N) is 2. The van der Waals surface area contributed by atoms with Gasteiger partial charge in [0.1, 0.15) is 5.75 Å². The molecule has 0 aliphatic rings. The largest absolute Gasteiger partial charge is 0.481 e. The van der Waals surface area contributed by atoms with Crippen LogP contribution in [0.2, 0.25) is 5.02 Å². The lowest BCUT2D eigenvalue weighted by Crippen LogP contribution is -2.32. The molecule has 168 valence electrons. The van der Waals surface area contributed by atoms with Crippen molar-refractivity contribution in [2.45, 2.75) is 38.2 Å². The summed E-state index contributed by atoms with van der Waals surface area (Å²) < 4.78 is 33.5. The molecule has 0 unspecified atom stereocenters. The first-order valence-corrected chi connectivity index (χ1v) is 12.0. The van der Waals surface area contributed by atoms with Crippen LogP contribution in [-0.4, -0.2) is 20.4 Å². The minimum Gasteiger partial charge on any atom is -0.481 e. The van der Waals surface area contributed by atoms with Gasteiger partial charge in [-0.3, -0.25) is 9.52 Å². The molecule has 0 aliphatic heterocycles. The molecule has 0 heterocycles. The summed E-state index contributed by atoms with van der Waals surface area (Å²) in [5, 5.41) is 3.29. The number of ether oxygens (including phenoxy) is 1. The topological polar surface area (TPSA) is 84.5 Å². The maximum Gasteiger partial charge on any atom is 0.265 e. The highest BCUT2D eigenvalue weighted by atomic mass is 35.5. The van der Waals surface area contributed by atoms with Crippen LogP contribution in [0.15, 0.2) is 71.6 Å². The molecule has 0 spiro atoms. The number of halogens is 1. The van der Waals surface area contributed by atoms with Crippen molar-refractivity contribution < 1.29 is 17.9 Å². The smallest absolute Gasteiger partial charge is 0.265 e. The Morgan fingerprint density at radius 3 is 2.16 bits per heavy atom. The van der Waals surface area contributed by atoms with Gasteiger partial charge in [0.2, 0.25) is 0 Å². The number of aryl methyl sites for hydroxylation is 2. The van der Waals surface area contributed by atoms with Gasteiger partial charge in [0.25, 0.3) is 15.9 Å². The van der Waals surface area contributed by atoms with Gasteiger partial charge >= 0.3 is 0 Å². The van der Waals surface area contributed by atoms with Gasteiger partial charge in [-0.05, 0) is 92.1 Å². The van der Waals surface area contributed by atoms with Gasteiger partial charge < -0.3 is 10.1 Å². The predicted octanol–water partition coefficient (Wildman–Crippen LogP) is 5.55. The van der Waals surface area contributed by atoms with Gasteiger partial charge in [-0.1, -0.05) is 24.6 Å². The van der Waals surface area contributed by atoms with Gasteiger partial charge in [0.15, 0.2) is 6.10 Å². The van der Waals surface area contributed by atoms with Crippen molar-refractivity contribution in [3.05, 3.63) is 82.9 Å². The molecular weight excluding hydrogens is 448 g/mol. The summed E-state index contributed by atoms with van der Waals surface area (Å²) >= 11 is 5.83. The number of amides is 1. The van der Waals surface area contributed by atoms with E-state index in [1.807, 2.05) is 39.0 Å². The third-order valence-electron chi connectivity index (χ3n) is 4.95. The van der Waals surface area contributed by atoms with E-state index in [2.05, 4.69) is 10.0 Å². The Labute approximate surface area is 193 Å². The number of anilines is 2. The summed E-state index contributed by atoms with van der Waals surface area (Å²) in [6, 6.07) is 18.0. The van der Waals surface area contributed by atoms with Crippen LogP contribution in [0.25, 0.3) is 0 Å². The molecule has 8 heteroatoms. The lowest BCUT2D eigenvalue weighted by Gasteiger charge is -2.18. The first-order valence-electron chi connectivity index (χ1n) is 10.1. The monoisotopic (exact) mass is 472 g/mol. The Hall–Kier alpha value is -3.03. The van der Waals surface area contributed by atoms with E-state index in [9.17, 15) is 13.2 Å². The van der Waals surface area contributed by atoms with E-state index in [1.165, 1.54) is 24.3 Å². The minimum absolute atomic E-state index is 0.0730. The third-order valence-corrected chi connectivity index (χ3v) is 6.60. The Bertz CT molecular complexity index is 1190. The number of carbonyl (C=O) groups excluding carboxylic acids is 1.